The van der Waals surface area contributed by atoms with Gasteiger partial charge in [-0.05, 0) is 54.8 Å². The maximum absolute atomic E-state index is 11.5. The van der Waals surface area contributed by atoms with E-state index in [1.165, 1.54) is 0 Å². The Kier molecular flexibility index (Phi) is 7.79. The molecule has 0 saturated carbocycles. The number of ether oxygens (including phenoxy) is 1. The second-order valence-corrected chi connectivity index (χ2v) is 8.69. The molecule has 4 aromatic rings. The summed E-state index contributed by atoms with van der Waals surface area (Å²) in [6.45, 7) is 3.17. The molecule has 0 aliphatic rings. The summed E-state index contributed by atoms with van der Waals surface area (Å²) in [6.07, 6.45) is 2.49. The Morgan fingerprint density at radius 3 is 2.54 bits per heavy atom. The van der Waals surface area contributed by atoms with E-state index in [0.717, 1.165) is 28.9 Å². The molecule has 0 aliphatic carbocycles. The number of hydrogen-bond donors (Lipinski definition) is 4. The molecule has 0 spiro atoms. The van der Waals surface area contributed by atoms with Gasteiger partial charge in [-0.15, -0.1) is 0 Å². The van der Waals surface area contributed by atoms with Crippen molar-refractivity contribution >= 4 is 28.0 Å². The zero-order valence-electron chi connectivity index (χ0n) is 19.2. The highest BCUT2D eigenvalue weighted by Crippen LogP contribution is 2.29. The fraction of sp³-hybridized carbons (Fsp3) is 0.154. The number of hydrogen-bond acceptors (Lipinski definition) is 9. The van der Waals surface area contributed by atoms with Gasteiger partial charge in [0.05, 0.1) is 6.61 Å². The first kappa shape index (κ1) is 24.0. The summed E-state index contributed by atoms with van der Waals surface area (Å²) in [7, 11) is -1.83. The molecule has 180 valence electrons. The van der Waals surface area contributed by atoms with Crippen molar-refractivity contribution in [3.05, 3.63) is 84.6 Å². The first-order valence-corrected chi connectivity index (χ1v) is 12.3. The smallest absolute Gasteiger partial charge is 0.229 e. The quantitative estimate of drug-likeness (QED) is 0.210. The molecule has 0 unspecified atom stereocenters. The molecule has 4 rings (SSSR count). The molecule has 4 N–H and O–H groups in total. The summed E-state index contributed by atoms with van der Waals surface area (Å²) in [5.41, 5.74) is 3.52. The second-order valence-electron chi connectivity index (χ2n) is 7.68. The largest absolute Gasteiger partial charge is 0.508 e. The van der Waals surface area contributed by atoms with Crippen molar-refractivity contribution in [1.82, 2.24) is 9.97 Å². The predicted octanol–water partition coefficient (Wildman–Crippen LogP) is 5.73. The van der Waals surface area contributed by atoms with Gasteiger partial charge in [0, 0.05) is 24.0 Å². The van der Waals surface area contributed by atoms with Crippen LogP contribution >= 0.6 is 0 Å². The molecule has 35 heavy (non-hydrogen) atoms. The standard InChI is InChI=1S/C26H26N5O3S/c1-2-34-22-12-8-19(9-13-22)24-17-29-26(30-20-4-3-5-23(16-20)35(27)33)31-25(24)28-15-14-18-6-10-21(32)11-7-18/h3-13,16-17,27,32H,2,14-15H2,1H3,(H2,28,29,30,31)/q-1. The van der Waals surface area contributed by atoms with Crippen molar-refractivity contribution in [3.8, 4) is 22.6 Å². The van der Waals surface area contributed by atoms with E-state index in [-0.39, 0.29) is 5.75 Å². The van der Waals surface area contributed by atoms with Crippen molar-refractivity contribution in [2.24, 2.45) is 0 Å². The molecular formula is C26H26N5O3S-. The second kappa shape index (κ2) is 11.3. The lowest BCUT2D eigenvalue weighted by Crippen LogP contribution is -2.09. The van der Waals surface area contributed by atoms with Gasteiger partial charge in [0.1, 0.15) is 17.3 Å². The van der Waals surface area contributed by atoms with E-state index in [1.807, 2.05) is 43.3 Å². The Hall–Kier alpha value is -4.11. The van der Waals surface area contributed by atoms with Gasteiger partial charge < -0.3 is 29.5 Å². The average Bonchev–Trinajstić information content (AvgIpc) is 2.86. The highest BCUT2D eigenvalue weighted by molar-refractivity contribution is 7.73. The van der Waals surface area contributed by atoms with Crippen LogP contribution < -0.4 is 15.4 Å². The van der Waals surface area contributed by atoms with E-state index in [4.69, 9.17) is 14.5 Å². The number of aromatic nitrogens is 2. The molecule has 9 heteroatoms. The fourth-order valence-electron chi connectivity index (χ4n) is 3.49. The van der Waals surface area contributed by atoms with E-state index >= 15 is 0 Å². The van der Waals surface area contributed by atoms with Crippen LogP contribution in [0.2, 0.25) is 0 Å². The van der Waals surface area contributed by atoms with Crippen molar-refractivity contribution in [2.75, 3.05) is 23.8 Å². The molecule has 0 saturated heterocycles. The Bertz CT molecular complexity index is 1350. The molecule has 1 heterocycles. The summed E-state index contributed by atoms with van der Waals surface area (Å²) in [5, 5.41) is 16.0. The topological polar surface area (TPSA) is 120 Å². The third-order valence-corrected chi connectivity index (χ3v) is 5.89. The number of phenols is 1. The molecule has 0 aliphatic heterocycles. The number of nitrogens with zero attached hydrogens (tertiary/aromatic N) is 2. The van der Waals surface area contributed by atoms with Gasteiger partial charge in [-0.2, -0.15) is 15.6 Å². The van der Waals surface area contributed by atoms with Gasteiger partial charge in [0.2, 0.25) is 5.95 Å². The van der Waals surface area contributed by atoms with Crippen LogP contribution in [0.15, 0.2) is 83.9 Å². The molecular weight excluding hydrogens is 462 g/mol. The van der Waals surface area contributed by atoms with E-state index in [0.29, 0.717) is 35.5 Å². The minimum Gasteiger partial charge on any atom is -0.508 e. The molecule has 0 amide bonds. The molecule has 0 atom stereocenters. The van der Waals surface area contributed by atoms with E-state index in [9.17, 15) is 9.32 Å². The first-order chi connectivity index (χ1) is 17.0. The van der Waals surface area contributed by atoms with Gasteiger partial charge in [-0.3, -0.25) is 0 Å². The van der Waals surface area contributed by atoms with Crippen LogP contribution in [0.4, 0.5) is 17.5 Å². The van der Waals surface area contributed by atoms with Crippen molar-refractivity contribution in [2.45, 2.75) is 18.2 Å². The van der Waals surface area contributed by atoms with Crippen LogP contribution in [0, 0.1) is 4.78 Å². The molecule has 3 aromatic carbocycles. The number of phenolic OH excluding ortho intramolecular Hbond substituents is 1. The summed E-state index contributed by atoms with van der Waals surface area (Å²) in [4.78, 5) is 9.57. The third kappa shape index (κ3) is 6.48. The maximum Gasteiger partial charge on any atom is 0.229 e. The Morgan fingerprint density at radius 1 is 1.06 bits per heavy atom. The zero-order chi connectivity index (χ0) is 24.6. The van der Waals surface area contributed by atoms with Gasteiger partial charge >= 0.3 is 0 Å². The Balaban J connectivity index is 1.59. The Morgan fingerprint density at radius 2 is 1.83 bits per heavy atom. The van der Waals surface area contributed by atoms with Crippen LogP contribution in [0.5, 0.6) is 11.5 Å². The minimum absolute atomic E-state index is 0.240. The zero-order valence-corrected chi connectivity index (χ0v) is 20.0. The van der Waals surface area contributed by atoms with Crippen molar-refractivity contribution in [3.63, 3.8) is 0 Å². The van der Waals surface area contributed by atoms with Gasteiger partial charge in [0.25, 0.3) is 0 Å². The maximum atomic E-state index is 11.5. The number of anilines is 3. The molecule has 8 nitrogen and oxygen atoms in total. The van der Waals surface area contributed by atoms with Crippen LogP contribution in [0.25, 0.3) is 11.1 Å². The summed E-state index contributed by atoms with van der Waals surface area (Å²) < 4.78 is 24.5. The lowest BCUT2D eigenvalue weighted by atomic mass is 10.1. The SMILES string of the molecule is CCOc1ccc(-c2cnc(Nc3cccc([S-](=N)=O)c3)nc2NCCc2ccc(O)cc2)cc1. The molecule has 0 fully saturated rings. The monoisotopic (exact) mass is 488 g/mol. The lowest BCUT2D eigenvalue weighted by Gasteiger charge is -2.14. The van der Waals surface area contributed by atoms with Crippen molar-refractivity contribution in [1.29, 1.82) is 4.78 Å². The van der Waals surface area contributed by atoms with Crippen LogP contribution in [-0.2, 0) is 21.2 Å². The van der Waals surface area contributed by atoms with Crippen LogP contribution in [-0.4, -0.2) is 28.2 Å². The van der Waals surface area contributed by atoms with Gasteiger partial charge in [0.15, 0.2) is 0 Å². The lowest BCUT2D eigenvalue weighted by molar-refractivity contribution is 0.340. The highest BCUT2D eigenvalue weighted by atomic mass is 32.2. The molecule has 0 bridgehead atoms. The van der Waals surface area contributed by atoms with E-state index in [1.54, 1.807) is 42.6 Å². The Labute approximate surface area is 206 Å². The highest BCUT2D eigenvalue weighted by Gasteiger charge is 2.11. The first-order valence-electron chi connectivity index (χ1n) is 11.1. The molecule has 0 radical (unpaired) electrons. The number of rotatable bonds is 10. The fourth-order valence-corrected chi connectivity index (χ4v) is 3.93. The molecule has 1 aromatic heterocycles. The summed E-state index contributed by atoms with van der Waals surface area (Å²) in [6, 6.07) is 21.7. The number of aromatic hydroxyl groups is 1. The van der Waals surface area contributed by atoms with Crippen LogP contribution in [0.1, 0.15) is 12.5 Å². The summed E-state index contributed by atoms with van der Waals surface area (Å²) >= 11 is 0. The van der Waals surface area contributed by atoms with Crippen molar-refractivity contribution < 1.29 is 14.1 Å². The summed E-state index contributed by atoms with van der Waals surface area (Å²) in [5.74, 6) is 2.07. The minimum atomic E-state index is -1.83. The predicted molar refractivity (Wildman–Crippen MR) is 138 cm³/mol. The average molecular weight is 489 g/mol. The van der Waals surface area contributed by atoms with Crippen LogP contribution in [0.3, 0.4) is 0 Å². The van der Waals surface area contributed by atoms with E-state index < -0.39 is 10.6 Å². The number of benzene rings is 3. The van der Waals surface area contributed by atoms with E-state index in [2.05, 4.69) is 15.6 Å². The number of nitrogens with one attached hydrogen (secondary N) is 3. The normalized spacial score (nSPS) is 10.8. The van der Waals surface area contributed by atoms with Gasteiger partial charge in [-0.25, -0.2) is 4.98 Å². The van der Waals surface area contributed by atoms with Gasteiger partial charge in [-0.1, -0.05) is 47.4 Å². The third-order valence-electron chi connectivity index (χ3n) is 5.21.